The van der Waals surface area contributed by atoms with Crippen LogP contribution in [0.15, 0.2) is 61.2 Å². The van der Waals surface area contributed by atoms with E-state index in [4.69, 9.17) is 21.1 Å². The molecule has 0 atom stereocenters. The number of nitrogens with one attached hydrogen (secondary N) is 1. The van der Waals surface area contributed by atoms with Crippen LogP contribution in [-0.4, -0.2) is 143 Å². The van der Waals surface area contributed by atoms with Crippen LogP contribution in [0.5, 0.6) is 0 Å². The molecular formula is C36H45ClN16O4S2. The Morgan fingerprint density at radius 2 is 1.08 bits per heavy atom. The lowest BCUT2D eigenvalue weighted by Gasteiger charge is -2.35. The second kappa shape index (κ2) is 19.4. The average molecular weight is 865 g/mol. The highest BCUT2D eigenvalue weighted by Gasteiger charge is 2.28. The molecule has 6 heterocycles. The summed E-state index contributed by atoms with van der Waals surface area (Å²) in [5.41, 5.74) is 4.29. The summed E-state index contributed by atoms with van der Waals surface area (Å²) in [5.74, 6) is 0.842. The van der Waals surface area contributed by atoms with Gasteiger partial charge in [0.25, 0.3) is 0 Å². The highest BCUT2D eigenvalue weighted by atomic mass is 35.5. The van der Waals surface area contributed by atoms with Crippen molar-refractivity contribution >= 4 is 53.1 Å². The van der Waals surface area contributed by atoms with Gasteiger partial charge in [0.05, 0.1) is 34.8 Å². The van der Waals surface area contributed by atoms with Crippen molar-refractivity contribution in [1.29, 1.82) is 0 Å². The van der Waals surface area contributed by atoms with Gasteiger partial charge in [-0.1, -0.05) is 35.9 Å². The number of nitrogens with zero attached hydrogens (tertiary/aromatic N) is 15. The van der Waals surface area contributed by atoms with Gasteiger partial charge in [-0.3, -0.25) is 0 Å². The third-order valence-electron chi connectivity index (χ3n) is 8.43. The van der Waals surface area contributed by atoms with Crippen LogP contribution in [0.1, 0.15) is 41.5 Å². The van der Waals surface area contributed by atoms with Crippen LogP contribution in [0.4, 0.5) is 15.4 Å². The van der Waals surface area contributed by atoms with Gasteiger partial charge in [0, 0.05) is 63.5 Å². The van der Waals surface area contributed by atoms with Crippen LogP contribution in [0, 0.1) is 0 Å². The molecule has 2 saturated heterocycles. The van der Waals surface area contributed by atoms with E-state index in [9.17, 15) is 9.59 Å². The molecule has 0 bridgehead atoms. The summed E-state index contributed by atoms with van der Waals surface area (Å²) in [4.78, 5) is 29.4. The highest BCUT2D eigenvalue weighted by Crippen LogP contribution is 2.30. The van der Waals surface area contributed by atoms with Gasteiger partial charge in [-0.05, 0) is 86.7 Å². The molecule has 20 nitrogen and oxygen atoms in total. The lowest BCUT2D eigenvalue weighted by molar-refractivity contribution is 0.0223. The van der Waals surface area contributed by atoms with E-state index in [2.05, 4.69) is 58.8 Å². The quantitative estimate of drug-likeness (QED) is 0.244. The summed E-state index contributed by atoms with van der Waals surface area (Å²) in [7, 11) is 0. The number of hydrogen-bond acceptors (Lipinski definition) is 18. The van der Waals surface area contributed by atoms with Crippen LogP contribution < -0.4 is 10.2 Å². The summed E-state index contributed by atoms with van der Waals surface area (Å²) < 4.78 is 30.9. The van der Waals surface area contributed by atoms with Crippen molar-refractivity contribution in [3.8, 4) is 33.9 Å². The Kier molecular flexibility index (Phi) is 14.1. The van der Waals surface area contributed by atoms with E-state index in [0.29, 0.717) is 37.0 Å². The molecule has 2 aliphatic heterocycles. The second-order valence-electron chi connectivity index (χ2n) is 15.1. The minimum absolute atomic E-state index is 0.200. The lowest BCUT2D eigenvalue weighted by atomic mass is 10.1. The number of anilines is 1. The topological polar surface area (TPSA) is 213 Å². The molecule has 0 radical (unpaired) electrons. The second-order valence-corrected chi connectivity index (χ2v) is 16.5. The van der Waals surface area contributed by atoms with Gasteiger partial charge in [0.15, 0.2) is 11.0 Å². The first-order valence-corrected chi connectivity index (χ1v) is 20.5. The van der Waals surface area contributed by atoms with E-state index in [1.54, 1.807) is 25.5 Å². The van der Waals surface area contributed by atoms with E-state index in [0.717, 1.165) is 71.9 Å². The normalized spacial score (nSPS) is 14.5. The van der Waals surface area contributed by atoms with E-state index in [1.807, 2.05) is 90.1 Å². The molecular weight excluding hydrogens is 820 g/mol. The molecule has 8 rings (SSSR count). The fourth-order valence-corrected chi connectivity index (χ4v) is 6.98. The van der Waals surface area contributed by atoms with Crippen molar-refractivity contribution in [2.45, 2.75) is 52.7 Å². The number of piperazine rings is 2. The number of aromatic nitrogens is 12. The van der Waals surface area contributed by atoms with E-state index >= 15 is 0 Å². The van der Waals surface area contributed by atoms with E-state index < -0.39 is 5.60 Å². The smallest absolute Gasteiger partial charge is 0.410 e. The fraction of sp³-hybridized carbons (Fsp3) is 0.444. The fourth-order valence-electron chi connectivity index (χ4n) is 5.63. The number of ether oxygens (including phenoxy) is 2. The molecule has 23 heteroatoms. The molecule has 0 unspecified atom stereocenters. The predicted octanol–water partition coefficient (Wildman–Crippen LogP) is 4.90. The van der Waals surface area contributed by atoms with Crippen molar-refractivity contribution in [2.75, 3.05) is 57.3 Å². The molecule has 0 aliphatic carbocycles. The van der Waals surface area contributed by atoms with Crippen molar-refractivity contribution in [1.82, 2.24) is 73.0 Å². The zero-order chi connectivity index (χ0) is 42.0. The molecule has 0 spiro atoms. The molecule has 4 aromatic heterocycles. The first kappa shape index (κ1) is 42.9. The van der Waals surface area contributed by atoms with Crippen LogP contribution in [0.2, 0.25) is 5.15 Å². The Balaban J connectivity index is 0.000000165. The molecule has 2 aliphatic rings. The van der Waals surface area contributed by atoms with Crippen molar-refractivity contribution in [2.24, 2.45) is 0 Å². The van der Waals surface area contributed by atoms with Gasteiger partial charge in [-0.2, -0.15) is 17.5 Å². The summed E-state index contributed by atoms with van der Waals surface area (Å²) in [6.07, 6.45) is 2.61. The molecule has 6 aromatic rings. The number of carbonyl (C=O) groups excluding carboxylic acids is 2. The minimum Gasteiger partial charge on any atom is -0.444 e. The Morgan fingerprint density at radius 3 is 1.53 bits per heavy atom. The Hall–Kier alpha value is -5.71. The molecule has 59 heavy (non-hydrogen) atoms. The van der Waals surface area contributed by atoms with Gasteiger partial charge < -0.3 is 29.5 Å². The number of halogens is 1. The Morgan fingerprint density at radius 1 is 0.627 bits per heavy atom. The monoisotopic (exact) mass is 864 g/mol. The van der Waals surface area contributed by atoms with Gasteiger partial charge >= 0.3 is 12.2 Å². The van der Waals surface area contributed by atoms with Gasteiger partial charge in [0.2, 0.25) is 0 Å². The molecule has 2 amide bonds. The van der Waals surface area contributed by atoms with Gasteiger partial charge in [-0.25, -0.2) is 19.0 Å². The molecule has 312 valence electrons. The summed E-state index contributed by atoms with van der Waals surface area (Å²) in [5, 5.41) is 25.8. The molecule has 1 N–H and O–H groups in total. The summed E-state index contributed by atoms with van der Waals surface area (Å²) >= 11 is 8.19. The Labute approximate surface area is 354 Å². The SMILES string of the molecule is CC(C)(C)OC(=O)N1CCN(c2nsnc2-c2ccc(-n3cnnn3)cc2)CC1.CC(C)(C)OC(=O)N1CCNCC1.Clc1nsnc1-c1ccc(-n2cnnn2)cc1. The zero-order valence-electron chi connectivity index (χ0n) is 33.5. The highest BCUT2D eigenvalue weighted by molar-refractivity contribution is 7.00. The van der Waals surface area contributed by atoms with Crippen molar-refractivity contribution < 1.29 is 19.1 Å². The largest absolute Gasteiger partial charge is 0.444 e. The van der Waals surface area contributed by atoms with Crippen molar-refractivity contribution in [3.05, 3.63) is 66.3 Å². The number of amides is 2. The molecule has 2 fully saturated rings. The van der Waals surface area contributed by atoms with Crippen LogP contribution >= 0.6 is 35.1 Å². The minimum atomic E-state index is -0.491. The van der Waals surface area contributed by atoms with Gasteiger partial charge in [0.1, 0.15) is 35.2 Å². The number of rotatable bonds is 5. The van der Waals surface area contributed by atoms with Crippen LogP contribution in [0.25, 0.3) is 33.9 Å². The van der Waals surface area contributed by atoms with Crippen molar-refractivity contribution in [3.63, 3.8) is 0 Å². The average Bonchev–Trinajstić information content (AvgIpc) is 4.07. The zero-order valence-corrected chi connectivity index (χ0v) is 35.9. The molecule has 0 saturated carbocycles. The maximum Gasteiger partial charge on any atom is 0.410 e. The number of carbonyl (C=O) groups is 2. The van der Waals surface area contributed by atoms with E-state index in [1.165, 1.54) is 18.1 Å². The van der Waals surface area contributed by atoms with Crippen LogP contribution in [0.3, 0.4) is 0 Å². The number of hydrogen-bond donors (Lipinski definition) is 1. The predicted molar refractivity (Wildman–Crippen MR) is 222 cm³/mol. The third kappa shape index (κ3) is 12.2. The summed E-state index contributed by atoms with van der Waals surface area (Å²) in [6, 6.07) is 15.4. The number of tetrazole rings is 2. The van der Waals surface area contributed by atoms with Crippen LogP contribution in [-0.2, 0) is 9.47 Å². The first-order valence-electron chi connectivity index (χ1n) is 18.6. The maximum atomic E-state index is 12.3. The molecule has 2 aromatic carbocycles. The first-order chi connectivity index (χ1) is 28.2. The summed E-state index contributed by atoms with van der Waals surface area (Å²) in [6.45, 7) is 17.0. The number of benzene rings is 2. The Bertz CT molecular complexity index is 2210. The lowest BCUT2D eigenvalue weighted by Crippen LogP contribution is -2.50. The van der Waals surface area contributed by atoms with E-state index in [-0.39, 0.29) is 17.8 Å². The third-order valence-corrected chi connectivity index (χ3v) is 9.84. The standard InChI is InChI=1S/C18H22N8O2S.C9H5ClN6S.C9H18N2O2/c1-18(2,3)28-17(27)25-10-8-24(9-11-25)16-15(20-29-21-16)13-4-6-14(7-5-13)26-12-19-22-23-26;10-9-8(12-17-13-9)6-1-3-7(4-2-6)16-5-11-14-15-16;1-9(2,3)13-8(12)11-6-4-10-5-7-11/h4-7,12H,8-11H2,1-3H3;1-5H;10H,4-7H2,1-3H3. The maximum absolute atomic E-state index is 12.3. The van der Waals surface area contributed by atoms with Gasteiger partial charge in [-0.15, -0.1) is 10.2 Å².